The summed E-state index contributed by atoms with van der Waals surface area (Å²) in [5.74, 6) is 0.398. The summed E-state index contributed by atoms with van der Waals surface area (Å²) in [6.45, 7) is 8.73. The van der Waals surface area contributed by atoms with Crippen LogP contribution in [0.25, 0.3) is 0 Å². The van der Waals surface area contributed by atoms with E-state index in [0.29, 0.717) is 18.2 Å². The molecule has 19 heavy (non-hydrogen) atoms. The fraction of sp³-hybridized carbons (Fsp3) is 0.571. The summed E-state index contributed by atoms with van der Waals surface area (Å²) in [5.41, 5.74) is 0.527. The number of benzene rings is 1. The third-order valence-electron chi connectivity index (χ3n) is 3.73. The van der Waals surface area contributed by atoms with E-state index in [9.17, 15) is 8.42 Å². The second-order valence-corrected chi connectivity index (χ2v) is 7.45. The van der Waals surface area contributed by atoms with Gasteiger partial charge in [0.25, 0.3) is 0 Å². The van der Waals surface area contributed by atoms with E-state index in [1.807, 2.05) is 6.07 Å². The van der Waals surface area contributed by atoms with Gasteiger partial charge in [0.15, 0.2) is 0 Å². The van der Waals surface area contributed by atoms with E-state index >= 15 is 0 Å². The van der Waals surface area contributed by atoms with E-state index in [4.69, 9.17) is 0 Å². The minimum Gasteiger partial charge on any atom is -0.387 e. The molecule has 0 aliphatic heterocycles. The van der Waals surface area contributed by atoms with Gasteiger partial charge in [-0.1, -0.05) is 39.8 Å². The maximum absolute atomic E-state index is 12.3. The van der Waals surface area contributed by atoms with Gasteiger partial charge in [-0.3, -0.25) is 0 Å². The third kappa shape index (κ3) is 3.94. The van der Waals surface area contributed by atoms with E-state index in [-0.39, 0.29) is 10.3 Å². The van der Waals surface area contributed by atoms with Gasteiger partial charge in [0.1, 0.15) is 4.90 Å². The Balaban J connectivity index is 2.94. The summed E-state index contributed by atoms with van der Waals surface area (Å²) in [4.78, 5) is 0.289. The van der Waals surface area contributed by atoms with Crippen molar-refractivity contribution in [1.82, 2.24) is 4.72 Å². The molecule has 1 rings (SSSR count). The van der Waals surface area contributed by atoms with Crippen molar-refractivity contribution >= 4 is 15.7 Å². The molecule has 0 saturated heterocycles. The molecule has 2 N–H and O–H groups in total. The van der Waals surface area contributed by atoms with Gasteiger partial charge in [-0.25, -0.2) is 13.1 Å². The summed E-state index contributed by atoms with van der Waals surface area (Å²) >= 11 is 0. The molecule has 1 aromatic rings. The molecular weight excluding hydrogens is 260 g/mol. The lowest BCUT2D eigenvalue weighted by Gasteiger charge is -2.29. The molecule has 0 radical (unpaired) electrons. The van der Waals surface area contributed by atoms with E-state index < -0.39 is 10.0 Å². The van der Waals surface area contributed by atoms with Crippen LogP contribution in [0.4, 0.5) is 5.69 Å². The number of para-hydroxylation sites is 1. The zero-order chi connectivity index (χ0) is 14.7. The van der Waals surface area contributed by atoms with Crippen LogP contribution in [0.5, 0.6) is 0 Å². The molecule has 5 heteroatoms. The molecular formula is C14H24N2O2S. The number of rotatable bonds is 6. The lowest BCUT2D eigenvalue weighted by molar-refractivity contribution is 0.252. The average Bonchev–Trinajstić information content (AvgIpc) is 2.36. The fourth-order valence-corrected chi connectivity index (χ4v) is 2.91. The van der Waals surface area contributed by atoms with Crippen LogP contribution in [-0.4, -0.2) is 22.0 Å². The molecule has 0 saturated carbocycles. The molecule has 0 atom stereocenters. The van der Waals surface area contributed by atoms with Crippen LogP contribution in [0.3, 0.4) is 0 Å². The Bertz CT molecular complexity index is 522. The van der Waals surface area contributed by atoms with Gasteiger partial charge < -0.3 is 5.32 Å². The topological polar surface area (TPSA) is 58.2 Å². The zero-order valence-electron chi connectivity index (χ0n) is 12.3. The van der Waals surface area contributed by atoms with Crippen LogP contribution in [-0.2, 0) is 10.0 Å². The first-order valence-corrected chi connectivity index (χ1v) is 7.95. The Kier molecular flexibility index (Phi) is 4.98. The largest absolute Gasteiger partial charge is 0.387 e. The van der Waals surface area contributed by atoms with Crippen LogP contribution in [0.2, 0.25) is 0 Å². The fourth-order valence-electron chi connectivity index (χ4n) is 1.47. The molecule has 0 aliphatic carbocycles. The highest BCUT2D eigenvalue weighted by Crippen LogP contribution is 2.26. The summed E-state index contributed by atoms with van der Waals surface area (Å²) in [6.07, 6.45) is 0. The highest BCUT2D eigenvalue weighted by molar-refractivity contribution is 7.89. The van der Waals surface area contributed by atoms with Crippen LogP contribution < -0.4 is 10.0 Å². The maximum atomic E-state index is 12.3. The van der Waals surface area contributed by atoms with Gasteiger partial charge in [0.2, 0.25) is 10.0 Å². The first-order chi connectivity index (χ1) is 8.70. The minimum absolute atomic E-state index is 0.0817. The molecule has 0 heterocycles. The van der Waals surface area contributed by atoms with Gasteiger partial charge >= 0.3 is 0 Å². The average molecular weight is 284 g/mol. The number of sulfonamides is 1. The second kappa shape index (κ2) is 5.92. The van der Waals surface area contributed by atoms with Crippen LogP contribution in [0.1, 0.15) is 27.7 Å². The molecule has 1 aromatic carbocycles. The van der Waals surface area contributed by atoms with Gasteiger partial charge in [0.05, 0.1) is 5.69 Å². The second-order valence-electron chi connectivity index (χ2n) is 5.71. The van der Waals surface area contributed by atoms with Crippen LogP contribution in [0.15, 0.2) is 29.2 Å². The summed E-state index contributed by atoms with van der Waals surface area (Å²) in [5, 5.41) is 2.90. The van der Waals surface area contributed by atoms with Crippen molar-refractivity contribution in [2.45, 2.75) is 32.6 Å². The Morgan fingerprint density at radius 2 is 1.79 bits per heavy atom. The molecule has 0 unspecified atom stereocenters. The highest BCUT2D eigenvalue weighted by atomic mass is 32.2. The predicted octanol–water partition coefficient (Wildman–Crippen LogP) is 2.69. The molecule has 0 bridgehead atoms. The van der Waals surface area contributed by atoms with Gasteiger partial charge in [-0.15, -0.1) is 0 Å². The van der Waals surface area contributed by atoms with Crippen molar-refractivity contribution in [2.75, 3.05) is 18.9 Å². The van der Waals surface area contributed by atoms with Crippen LogP contribution in [0, 0.1) is 11.3 Å². The van der Waals surface area contributed by atoms with Crippen molar-refractivity contribution in [1.29, 1.82) is 0 Å². The molecule has 0 aliphatic rings. The normalized spacial score (nSPS) is 12.7. The van der Waals surface area contributed by atoms with Gasteiger partial charge in [-0.2, -0.15) is 0 Å². The standard InChI is InChI=1S/C14H24N2O2S/c1-11(2)14(3,4)10-16-19(17,18)13-9-7-6-8-12(13)15-5/h6-9,11,15-16H,10H2,1-5H3. The van der Waals surface area contributed by atoms with E-state index in [2.05, 4.69) is 37.7 Å². The van der Waals surface area contributed by atoms with E-state index in [1.54, 1.807) is 25.2 Å². The highest BCUT2D eigenvalue weighted by Gasteiger charge is 2.26. The monoisotopic (exact) mass is 284 g/mol. The molecule has 4 nitrogen and oxygen atoms in total. The van der Waals surface area contributed by atoms with E-state index in [1.165, 1.54) is 0 Å². The van der Waals surface area contributed by atoms with Crippen molar-refractivity contribution in [2.24, 2.45) is 11.3 Å². The van der Waals surface area contributed by atoms with Gasteiger partial charge in [0, 0.05) is 13.6 Å². The molecule has 0 aromatic heterocycles. The van der Waals surface area contributed by atoms with Crippen LogP contribution >= 0.6 is 0 Å². The quantitative estimate of drug-likeness (QED) is 0.844. The summed E-state index contributed by atoms with van der Waals surface area (Å²) in [7, 11) is -1.77. The lowest BCUT2D eigenvalue weighted by Crippen LogP contribution is -2.37. The Hall–Kier alpha value is -1.07. The van der Waals surface area contributed by atoms with Gasteiger partial charge in [-0.05, 0) is 23.5 Å². The smallest absolute Gasteiger partial charge is 0.242 e. The number of anilines is 1. The molecule has 0 fully saturated rings. The summed E-state index contributed by atoms with van der Waals surface area (Å²) in [6, 6.07) is 6.89. The molecule has 0 spiro atoms. The Morgan fingerprint density at radius 3 is 2.32 bits per heavy atom. The van der Waals surface area contributed by atoms with E-state index in [0.717, 1.165) is 0 Å². The lowest BCUT2D eigenvalue weighted by atomic mass is 9.81. The first kappa shape index (κ1) is 16.0. The summed E-state index contributed by atoms with van der Waals surface area (Å²) < 4.78 is 27.4. The first-order valence-electron chi connectivity index (χ1n) is 6.47. The molecule has 108 valence electrons. The van der Waals surface area contributed by atoms with Crippen molar-refractivity contribution in [3.8, 4) is 0 Å². The third-order valence-corrected chi connectivity index (χ3v) is 5.19. The van der Waals surface area contributed by atoms with Crippen molar-refractivity contribution in [3.63, 3.8) is 0 Å². The Morgan fingerprint density at radius 1 is 1.21 bits per heavy atom. The zero-order valence-corrected chi connectivity index (χ0v) is 13.1. The maximum Gasteiger partial charge on any atom is 0.242 e. The van der Waals surface area contributed by atoms with Crippen molar-refractivity contribution in [3.05, 3.63) is 24.3 Å². The van der Waals surface area contributed by atoms with Crippen molar-refractivity contribution < 1.29 is 8.42 Å². The predicted molar refractivity (Wildman–Crippen MR) is 79.8 cm³/mol. The number of nitrogens with one attached hydrogen (secondary N) is 2. The minimum atomic E-state index is -3.48. The Labute approximate surface area is 116 Å². The number of hydrogen-bond acceptors (Lipinski definition) is 3. The molecule has 0 amide bonds. The SMILES string of the molecule is CNc1ccccc1S(=O)(=O)NCC(C)(C)C(C)C. The number of hydrogen-bond donors (Lipinski definition) is 2.